The van der Waals surface area contributed by atoms with Gasteiger partial charge in [0.25, 0.3) is 0 Å². The van der Waals surface area contributed by atoms with E-state index in [0.29, 0.717) is 5.69 Å². The van der Waals surface area contributed by atoms with Crippen LogP contribution in [-0.4, -0.2) is 28.8 Å². The minimum Gasteiger partial charge on any atom is -0.481 e. The van der Waals surface area contributed by atoms with Gasteiger partial charge in [0.15, 0.2) is 0 Å². The van der Waals surface area contributed by atoms with Crippen LogP contribution in [0.1, 0.15) is 19.5 Å². The fourth-order valence-corrected chi connectivity index (χ4v) is 1.37. The molecule has 7 heteroatoms. The van der Waals surface area contributed by atoms with Crippen LogP contribution in [-0.2, 0) is 11.3 Å². The Labute approximate surface area is 105 Å². The van der Waals surface area contributed by atoms with Gasteiger partial charge in [0.05, 0.1) is 12.5 Å². The number of rotatable bonds is 6. The second-order valence-corrected chi connectivity index (χ2v) is 4.24. The summed E-state index contributed by atoms with van der Waals surface area (Å²) >= 11 is 0. The zero-order chi connectivity index (χ0) is 13.5. The quantitative estimate of drug-likeness (QED) is 0.698. The molecule has 18 heavy (non-hydrogen) atoms. The smallest absolute Gasteiger partial charge is 0.315 e. The number of aliphatic carboxylic acids is 1. The van der Waals surface area contributed by atoms with Gasteiger partial charge in [0.1, 0.15) is 12.0 Å². The van der Waals surface area contributed by atoms with Crippen molar-refractivity contribution in [2.24, 2.45) is 11.8 Å². The maximum absolute atomic E-state index is 11.4. The van der Waals surface area contributed by atoms with Crippen LogP contribution >= 0.6 is 0 Å². The number of hydrogen-bond acceptors (Lipinski definition) is 4. The van der Waals surface area contributed by atoms with Crippen molar-refractivity contribution in [1.29, 1.82) is 0 Å². The van der Waals surface area contributed by atoms with Crippen LogP contribution in [0.25, 0.3) is 0 Å². The molecule has 0 saturated heterocycles. The van der Waals surface area contributed by atoms with E-state index in [-0.39, 0.29) is 19.0 Å². The van der Waals surface area contributed by atoms with Crippen LogP contribution in [0.15, 0.2) is 16.9 Å². The van der Waals surface area contributed by atoms with Gasteiger partial charge in [0.2, 0.25) is 0 Å². The van der Waals surface area contributed by atoms with E-state index in [9.17, 15) is 9.59 Å². The molecule has 1 unspecified atom stereocenters. The molecular weight excluding hydrogens is 238 g/mol. The molecule has 1 aromatic rings. The molecule has 0 aromatic carbocycles. The highest BCUT2D eigenvalue weighted by atomic mass is 16.5. The van der Waals surface area contributed by atoms with E-state index in [2.05, 4.69) is 20.3 Å². The Bertz CT molecular complexity index is 389. The summed E-state index contributed by atoms with van der Waals surface area (Å²) < 4.78 is 4.61. The van der Waals surface area contributed by atoms with Crippen molar-refractivity contribution < 1.29 is 19.2 Å². The van der Waals surface area contributed by atoms with Gasteiger partial charge in [-0.25, -0.2) is 4.79 Å². The van der Waals surface area contributed by atoms with Gasteiger partial charge in [-0.1, -0.05) is 19.0 Å². The predicted octanol–water partition coefficient (Wildman–Crippen LogP) is 0.831. The third-order valence-corrected chi connectivity index (χ3v) is 2.53. The van der Waals surface area contributed by atoms with E-state index in [0.717, 1.165) is 0 Å². The molecule has 0 spiro atoms. The highest BCUT2D eigenvalue weighted by Gasteiger charge is 2.21. The first-order valence-corrected chi connectivity index (χ1v) is 5.64. The van der Waals surface area contributed by atoms with Gasteiger partial charge >= 0.3 is 12.0 Å². The molecule has 0 aliphatic rings. The summed E-state index contributed by atoms with van der Waals surface area (Å²) in [7, 11) is 0. The monoisotopic (exact) mass is 255 g/mol. The van der Waals surface area contributed by atoms with Gasteiger partial charge in [-0.3, -0.25) is 4.79 Å². The summed E-state index contributed by atoms with van der Waals surface area (Å²) in [5, 5.41) is 17.6. The third kappa shape index (κ3) is 4.44. The Balaban J connectivity index is 2.29. The average Bonchev–Trinajstić information content (AvgIpc) is 2.78. The van der Waals surface area contributed by atoms with Gasteiger partial charge in [-0.05, 0) is 5.92 Å². The van der Waals surface area contributed by atoms with Crippen molar-refractivity contribution in [3.05, 3.63) is 18.0 Å². The standard InChI is InChI=1S/C11H17N3O4/c1-7(2)9(10(15)16)6-13-11(17)12-5-8-3-4-18-14-8/h3-4,7,9H,5-6H2,1-2H3,(H,15,16)(H2,12,13,17). The highest BCUT2D eigenvalue weighted by Crippen LogP contribution is 2.09. The van der Waals surface area contributed by atoms with Crippen LogP contribution in [0.3, 0.4) is 0 Å². The maximum atomic E-state index is 11.4. The van der Waals surface area contributed by atoms with E-state index < -0.39 is 17.9 Å². The second-order valence-electron chi connectivity index (χ2n) is 4.24. The molecule has 0 aliphatic carbocycles. The normalized spacial score (nSPS) is 12.2. The number of carboxylic acids is 1. The zero-order valence-electron chi connectivity index (χ0n) is 10.3. The lowest BCUT2D eigenvalue weighted by Crippen LogP contribution is -2.41. The minimum absolute atomic E-state index is 0.0432. The molecule has 2 amide bonds. The van der Waals surface area contributed by atoms with Gasteiger partial charge in [-0.15, -0.1) is 0 Å². The molecule has 0 saturated carbocycles. The lowest BCUT2D eigenvalue weighted by Gasteiger charge is -2.16. The van der Waals surface area contributed by atoms with E-state index in [1.54, 1.807) is 19.9 Å². The zero-order valence-corrected chi connectivity index (χ0v) is 10.3. The lowest BCUT2D eigenvalue weighted by molar-refractivity contribution is -0.142. The van der Waals surface area contributed by atoms with Crippen molar-refractivity contribution in [2.75, 3.05) is 6.54 Å². The van der Waals surface area contributed by atoms with Crippen molar-refractivity contribution in [2.45, 2.75) is 20.4 Å². The number of carboxylic acid groups (broad SMARTS) is 1. The van der Waals surface area contributed by atoms with Crippen LogP contribution in [0.2, 0.25) is 0 Å². The molecule has 1 aromatic heterocycles. The minimum atomic E-state index is -0.915. The topological polar surface area (TPSA) is 104 Å². The van der Waals surface area contributed by atoms with Crippen molar-refractivity contribution >= 4 is 12.0 Å². The number of aromatic nitrogens is 1. The van der Waals surface area contributed by atoms with E-state index in [1.807, 2.05) is 0 Å². The molecule has 0 bridgehead atoms. The number of carbonyl (C=O) groups is 2. The number of urea groups is 1. The number of nitrogens with zero attached hydrogens (tertiary/aromatic N) is 1. The first kappa shape index (κ1) is 14.0. The first-order chi connectivity index (χ1) is 8.50. The molecule has 1 atom stereocenters. The molecule has 1 rings (SSSR count). The Morgan fingerprint density at radius 1 is 1.44 bits per heavy atom. The SMILES string of the molecule is CC(C)C(CNC(=O)NCc1ccon1)C(=O)O. The maximum Gasteiger partial charge on any atom is 0.315 e. The molecule has 1 heterocycles. The lowest BCUT2D eigenvalue weighted by atomic mass is 9.96. The van der Waals surface area contributed by atoms with E-state index >= 15 is 0 Å². The van der Waals surface area contributed by atoms with Gasteiger partial charge < -0.3 is 20.3 Å². The van der Waals surface area contributed by atoms with Crippen molar-refractivity contribution in [3.8, 4) is 0 Å². The molecule has 3 N–H and O–H groups in total. The summed E-state index contributed by atoms with van der Waals surface area (Å²) in [6.45, 7) is 3.93. The Morgan fingerprint density at radius 2 is 2.17 bits per heavy atom. The van der Waals surface area contributed by atoms with Crippen LogP contribution in [0, 0.1) is 11.8 Å². The molecule has 0 radical (unpaired) electrons. The fourth-order valence-electron chi connectivity index (χ4n) is 1.37. The van der Waals surface area contributed by atoms with Crippen LogP contribution < -0.4 is 10.6 Å². The highest BCUT2D eigenvalue weighted by molar-refractivity contribution is 5.75. The number of nitrogens with one attached hydrogen (secondary N) is 2. The second kappa shape index (κ2) is 6.63. The number of amides is 2. The van der Waals surface area contributed by atoms with Crippen LogP contribution in [0.5, 0.6) is 0 Å². The van der Waals surface area contributed by atoms with E-state index in [1.165, 1.54) is 6.26 Å². The van der Waals surface area contributed by atoms with E-state index in [4.69, 9.17) is 5.11 Å². The third-order valence-electron chi connectivity index (χ3n) is 2.53. The molecular formula is C11H17N3O4. The summed E-state index contributed by atoms with van der Waals surface area (Å²) in [5.41, 5.74) is 0.601. The number of hydrogen-bond donors (Lipinski definition) is 3. The van der Waals surface area contributed by atoms with Gasteiger partial charge in [0, 0.05) is 12.6 Å². The molecule has 0 fully saturated rings. The van der Waals surface area contributed by atoms with Crippen molar-refractivity contribution in [3.63, 3.8) is 0 Å². The fraction of sp³-hybridized carbons (Fsp3) is 0.545. The summed E-state index contributed by atoms with van der Waals surface area (Å²) in [4.78, 5) is 22.3. The Hall–Kier alpha value is -2.05. The summed E-state index contributed by atoms with van der Waals surface area (Å²) in [5.74, 6) is -1.55. The average molecular weight is 255 g/mol. The summed E-state index contributed by atoms with van der Waals surface area (Å²) in [6.07, 6.45) is 1.41. The summed E-state index contributed by atoms with van der Waals surface area (Å²) in [6, 6.07) is 1.21. The van der Waals surface area contributed by atoms with Gasteiger partial charge in [-0.2, -0.15) is 0 Å². The molecule has 7 nitrogen and oxygen atoms in total. The Morgan fingerprint density at radius 3 is 2.67 bits per heavy atom. The number of carbonyl (C=O) groups excluding carboxylic acids is 1. The van der Waals surface area contributed by atoms with Crippen molar-refractivity contribution in [1.82, 2.24) is 15.8 Å². The first-order valence-electron chi connectivity index (χ1n) is 5.64. The molecule has 100 valence electrons. The largest absolute Gasteiger partial charge is 0.481 e. The molecule has 0 aliphatic heterocycles. The predicted molar refractivity (Wildman–Crippen MR) is 62.7 cm³/mol. The Kier molecular flexibility index (Phi) is 5.16. The van der Waals surface area contributed by atoms with Crippen LogP contribution in [0.4, 0.5) is 4.79 Å².